The van der Waals surface area contributed by atoms with Gasteiger partial charge >= 0.3 is 0 Å². The van der Waals surface area contributed by atoms with Gasteiger partial charge in [-0.05, 0) is 25.5 Å². The van der Waals surface area contributed by atoms with Gasteiger partial charge in [0.1, 0.15) is 11.3 Å². The number of nitrogens with one attached hydrogen (secondary N) is 1. The molecule has 0 saturated heterocycles. The lowest BCUT2D eigenvalue weighted by molar-refractivity contribution is 0.0948. The molecule has 0 aliphatic rings. The van der Waals surface area contributed by atoms with E-state index in [-0.39, 0.29) is 5.91 Å². The Hall–Kier alpha value is -1.88. The SMILES string of the molecule is Cc1ccc2nc(C)c(C(=O)NCCN)n2c1. The van der Waals surface area contributed by atoms with Crippen molar-refractivity contribution in [2.24, 2.45) is 5.73 Å². The summed E-state index contributed by atoms with van der Waals surface area (Å²) >= 11 is 0. The Bertz CT molecular complexity index is 559. The molecule has 17 heavy (non-hydrogen) atoms. The number of aryl methyl sites for hydroxylation is 2. The molecule has 0 unspecified atom stereocenters. The van der Waals surface area contributed by atoms with Gasteiger partial charge in [-0.1, -0.05) is 6.07 Å². The van der Waals surface area contributed by atoms with Crippen molar-refractivity contribution in [3.63, 3.8) is 0 Å². The highest BCUT2D eigenvalue weighted by molar-refractivity contribution is 5.94. The highest BCUT2D eigenvalue weighted by Gasteiger charge is 2.15. The molecule has 2 aromatic rings. The molecule has 90 valence electrons. The average Bonchev–Trinajstić information content (AvgIpc) is 2.61. The van der Waals surface area contributed by atoms with Gasteiger partial charge in [0.05, 0.1) is 5.69 Å². The van der Waals surface area contributed by atoms with Crippen molar-refractivity contribution in [3.8, 4) is 0 Å². The van der Waals surface area contributed by atoms with Gasteiger partial charge in [-0.3, -0.25) is 9.20 Å². The third-order valence-corrected chi connectivity index (χ3v) is 2.59. The highest BCUT2D eigenvalue weighted by atomic mass is 16.1. The minimum absolute atomic E-state index is 0.133. The summed E-state index contributed by atoms with van der Waals surface area (Å²) in [6.07, 6.45) is 1.91. The molecule has 5 nitrogen and oxygen atoms in total. The van der Waals surface area contributed by atoms with Gasteiger partial charge in [0.25, 0.3) is 5.91 Å². The molecule has 0 aliphatic heterocycles. The first-order chi connectivity index (χ1) is 8.13. The zero-order chi connectivity index (χ0) is 12.4. The van der Waals surface area contributed by atoms with Crippen molar-refractivity contribution >= 4 is 11.6 Å². The van der Waals surface area contributed by atoms with Gasteiger partial charge in [-0.25, -0.2) is 4.98 Å². The number of amides is 1. The van der Waals surface area contributed by atoms with E-state index in [1.807, 2.05) is 36.6 Å². The number of fused-ring (bicyclic) bond motifs is 1. The van der Waals surface area contributed by atoms with Gasteiger partial charge in [0, 0.05) is 19.3 Å². The Labute approximate surface area is 99.6 Å². The predicted molar refractivity (Wildman–Crippen MR) is 66.1 cm³/mol. The van der Waals surface area contributed by atoms with Crippen molar-refractivity contribution in [3.05, 3.63) is 35.3 Å². The molecule has 0 fully saturated rings. The van der Waals surface area contributed by atoms with Crippen LogP contribution < -0.4 is 11.1 Å². The smallest absolute Gasteiger partial charge is 0.270 e. The summed E-state index contributed by atoms with van der Waals surface area (Å²) in [5.41, 5.74) is 8.54. The molecule has 0 saturated carbocycles. The second-order valence-electron chi connectivity index (χ2n) is 4.03. The van der Waals surface area contributed by atoms with E-state index in [1.165, 1.54) is 0 Å². The predicted octanol–water partition coefficient (Wildman–Crippen LogP) is 0.640. The molecule has 2 aromatic heterocycles. The molecule has 0 bridgehead atoms. The number of hydrogen-bond acceptors (Lipinski definition) is 3. The number of imidazole rings is 1. The van der Waals surface area contributed by atoms with E-state index in [9.17, 15) is 4.79 Å². The fraction of sp³-hybridized carbons (Fsp3) is 0.333. The Kier molecular flexibility index (Phi) is 3.10. The molecule has 0 radical (unpaired) electrons. The number of hydrogen-bond donors (Lipinski definition) is 2. The summed E-state index contributed by atoms with van der Waals surface area (Å²) in [4.78, 5) is 16.3. The zero-order valence-corrected chi connectivity index (χ0v) is 10.0. The van der Waals surface area contributed by atoms with Crippen molar-refractivity contribution in [1.82, 2.24) is 14.7 Å². The van der Waals surface area contributed by atoms with Gasteiger partial charge < -0.3 is 11.1 Å². The zero-order valence-electron chi connectivity index (χ0n) is 10.0. The summed E-state index contributed by atoms with van der Waals surface area (Å²) in [5, 5.41) is 2.76. The molecule has 5 heteroatoms. The molecule has 0 aliphatic carbocycles. The lowest BCUT2D eigenvalue weighted by Crippen LogP contribution is -2.30. The molecule has 2 rings (SSSR count). The number of carbonyl (C=O) groups is 1. The van der Waals surface area contributed by atoms with Crippen LogP contribution in [-0.4, -0.2) is 28.4 Å². The number of rotatable bonds is 3. The van der Waals surface area contributed by atoms with Crippen molar-refractivity contribution in [2.75, 3.05) is 13.1 Å². The maximum absolute atomic E-state index is 12.0. The van der Waals surface area contributed by atoms with E-state index < -0.39 is 0 Å². The van der Waals surface area contributed by atoms with E-state index in [4.69, 9.17) is 5.73 Å². The maximum atomic E-state index is 12.0. The number of carbonyl (C=O) groups excluding carboxylic acids is 1. The first-order valence-corrected chi connectivity index (χ1v) is 5.57. The largest absolute Gasteiger partial charge is 0.349 e. The maximum Gasteiger partial charge on any atom is 0.270 e. The summed E-state index contributed by atoms with van der Waals surface area (Å²) in [5.74, 6) is -0.133. The first kappa shape index (κ1) is 11.6. The van der Waals surface area contributed by atoms with Gasteiger partial charge in [-0.15, -0.1) is 0 Å². The van der Waals surface area contributed by atoms with Gasteiger partial charge in [0.15, 0.2) is 0 Å². The number of aromatic nitrogens is 2. The molecule has 0 atom stereocenters. The van der Waals surface area contributed by atoms with Crippen LogP contribution in [-0.2, 0) is 0 Å². The second-order valence-corrected chi connectivity index (χ2v) is 4.03. The van der Waals surface area contributed by atoms with Crippen molar-refractivity contribution < 1.29 is 4.79 Å². The Morgan fingerprint density at radius 3 is 2.94 bits per heavy atom. The molecular formula is C12H16N4O. The summed E-state index contributed by atoms with van der Waals surface area (Å²) in [7, 11) is 0. The van der Waals surface area contributed by atoms with E-state index >= 15 is 0 Å². The first-order valence-electron chi connectivity index (χ1n) is 5.57. The number of pyridine rings is 1. The molecular weight excluding hydrogens is 216 g/mol. The van der Waals surface area contributed by atoms with Crippen LogP contribution in [0.2, 0.25) is 0 Å². The number of nitrogens with two attached hydrogens (primary N) is 1. The van der Waals surface area contributed by atoms with Gasteiger partial charge in [0.2, 0.25) is 0 Å². The quantitative estimate of drug-likeness (QED) is 0.815. The second kappa shape index (κ2) is 4.55. The third-order valence-electron chi connectivity index (χ3n) is 2.59. The highest BCUT2D eigenvalue weighted by Crippen LogP contribution is 2.13. The topological polar surface area (TPSA) is 72.4 Å². The molecule has 1 amide bonds. The van der Waals surface area contributed by atoms with Crippen LogP contribution in [0, 0.1) is 13.8 Å². The van der Waals surface area contributed by atoms with Crippen LogP contribution in [0.15, 0.2) is 18.3 Å². The summed E-state index contributed by atoms with van der Waals surface area (Å²) < 4.78 is 1.82. The average molecular weight is 232 g/mol. The molecule has 2 heterocycles. The van der Waals surface area contributed by atoms with E-state index in [0.717, 1.165) is 16.9 Å². The Morgan fingerprint density at radius 1 is 1.47 bits per heavy atom. The van der Waals surface area contributed by atoms with E-state index in [2.05, 4.69) is 10.3 Å². The minimum atomic E-state index is -0.133. The third kappa shape index (κ3) is 2.14. The minimum Gasteiger partial charge on any atom is -0.349 e. The molecule has 3 N–H and O–H groups in total. The molecule has 0 aromatic carbocycles. The molecule has 0 spiro atoms. The van der Waals surface area contributed by atoms with Crippen LogP contribution in [0.5, 0.6) is 0 Å². The van der Waals surface area contributed by atoms with Crippen LogP contribution in [0.25, 0.3) is 5.65 Å². The standard InChI is InChI=1S/C12H16N4O/c1-8-3-4-10-15-9(2)11(16(10)7-8)12(17)14-6-5-13/h3-4,7H,5-6,13H2,1-2H3,(H,14,17). The summed E-state index contributed by atoms with van der Waals surface area (Å²) in [6, 6.07) is 3.88. The van der Waals surface area contributed by atoms with Crippen molar-refractivity contribution in [1.29, 1.82) is 0 Å². The van der Waals surface area contributed by atoms with E-state index in [1.54, 1.807) is 0 Å². The van der Waals surface area contributed by atoms with E-state index in [0.29, 0.717) is 18.8 Å². The lowest BCUT2D eigenvalue weighted by Gasteiger charge is -2.04. The Morgan fingerprint density at radius 2 is 2.24 bits per heavy atom. The van der Waals surface area contributed by atoms with Gasteiger partial charge in [-0.2, -0.15) is 0 Å². The van der Waals surface area contributed by atoms with Crippen LogP contribution in [0.1, 0.15) is 21.7 Å². The monoisotopic (exact) mass is 232 g/mol. The van der Waals surface area contributed by atoms with Crippen molar-refractivity contribution in [2.45, 2.75) is 13.8 Å². The Balaban J connectivity index is 2.48. The lowest BCUT2D eigenvalue weighted by atomic mass is 10.3. The fourth-order valence-corrected chi connectivity index (χ4v) is 1.81. The van der Waals surface area contributed by atoms with Crippen LogP contribution in [0.3, 0.4) is 0 Å². The fourth-order valence-electron chi connectivity index (χ4n) is 1.81. The van der Waals surface area contributed by atoms with Crippen LogP contribution >= 0.6 is 0 Å². The number of nitrogens with zero attached hydrogens (tertiary/aromatic N) is 2. The summed E-state index contributed by atoms with van der Waals surface area (Å²) in [6.45, 7) is 4.72. The van der Waals surface area contributed by atoms with Crippen LogP contribution in [0.4, 0.5) is 0 Å². The normalized spacial score (nSPS) is 10.8.